The average Bonchev–Trinajstić information content (AvgIpc) is 2.53. The molecule has 0 atom stereocenters. The molecule has 0 saturated carbocycles. The molecule has 0 aliphatic heterocycles. The van der Waals surface area contributed by atoms with Crippen molar-refractivity contribution < 1.29 is 13.2 Å². The van der Waals surface area contributed by atoms with E-state index in [2.05, 4.69) is 9.71 Å². The molecule has 2 aromatic rings. The molecular weight excluding hydrogens is 312 g/mol. The van der Waals surface area contributed by atoms with E-state index in [0.717, 1.165) is 17.7 Å². The number of pyridine rings is 1. The Kier molecular flexibility index (Phi) is 5.60. The smallest absolute Gasteiger partial charge is 0.263 e. The lowest BCUT2D eigenvalue weighted by Gasteiger charge is -2.16. The Hall–Kier alpha value is -2.08. The van der Waals surface area contributed by atoms with Crippen molar-refractivity contribution in [2.24, 2.45) is 0 Å². The molecule has 1 N–H and O–H groups in total. The van der Waals surface area contributed by atoms with Gasteiger partial charge in [-0.15, -0.1) is 0 Å². The number of nitrogens with one attached hydrogen (secondary N) is 1. The van der Waals surface area contributed by atoms with Gasteiger partial charge in [0.1, 0.15) is 11.6 Å². The average molecular weight is 334 g/mol. The number of hydrogen-bond acceptors (Lipinski definition) is 4. The maximum atomic E-state index is 12.5. The summed E-state index contributed by atoms with van der Waals surface area (Å²) in [5.41, 5.74) is 0.877. The molecule has 0 aliphatic carbocycles. The van der Waals surface area contributed by atoms with E-state index in [9.17, 15) is 8.42 Å². The third kappa shape index (κ3) is 4.45. The number of benzene rings is 1. The van der Waals surface area contributed by atoms with Crippen LogP contribution in [0.4, 0.5) is 5.82 Å². The van der Waals surface area contributed by atoms with Gasteiger partial charge in [0, 0.05) is 6.20 Å². The lowest BCUT2D eigenvalue weighted by molar-refractivity contribution is 0.312. The molecule has 0 spiro atoms. The number of ether oxygens (including phenoxy) is 1. The first-order valence-corrected chi connectivity index (χ1v) is 9.13. The summed E-state index contributed by atoms with van der Waals surface area (Å²) in [6.45, 7) is 6.66. The third-order valence-corrected chi connectivity index (χ3v) is 4.63. The van der Waals surface area contributed by atoms with E-state index < -0.39 is 10.0 Å². The van der Waals surface area contributed by atoms with E-state index >= 15 is 0 Å². The Balaban J connectivity index is 2.33. The van der Waals surface area contributed by atoms with Crippen molar-refractivity contribution in [2.45, 2.75) is 38.0 Å². The highest BCUT2D eigenvalue weighted by molar-refractivity contribution is 7.92. The highest BCUT2D eigenvalue weighted by Crippen LogP contribution is 2.29. The van der Waals surface area contributed by atoms with Crippen LogP contribution < -0.4 is 9.46 Å². The zero-order valence-corrected chi connectivity index (χ0v) is 14.4. The highest BCUT2D eigenvalue weighted by atomic mass is 32.2. The summed E-state index contributed by atoms with van der Waals surface area (Å²) in [5, 5.41) is 0. The summed E-state index contributed by atoms with van der Waals surface area (Å²) in [7, 11) is -3.67. The molecule has 124 valence electrons. The van der Waals surface area contributed by atoms with Gasteiger partial charge in [-0.05, 0) is 48.2 Å². The van der Waals surface area contributed by atoms with Gasteiger partial charge in [0.25, 0.3) is 10.0 Å². The summed E-state index contributed by atoms with van der Waals surface area (Å²) in [6.07, 6.45) is 2.44. The topological polar surface area (TPSA) is 68.3 Å². The Morgan fingerprint density at radius 1 is 1.22 bits per heavy atom. The summed E-state index contributed by atoms with van der Waals surface area (Å²) < 4.78 is 33.2. The van der Waals surface area contributed by atoms with Crippen LogP contribution in [-0.4, -0.2) is 20.0 Å². The first-order chi connectivity index (χ1) is 10.9. The molecule has 1 aromatic carbocycles. The standard InChI is InChI=1S/C17H22N2O3S/c1-4-11-22-16-9-8-14(12-15(16)13(2)3)23(20,21)19-17-7-5-6-10-18-17/h5-10,12-13H,4,11H2,1-3H3,(H,18,19). The first kappa shape index (κ1) is 17.3. The van der Waals surface area contributed by atoms with Gasteiger partial charge >= 0.3 is 0 Å². The normalized spacial score (nSPS) is 11.5. The highest BCUT2D eigenvalue weighted by Gasteiger charge is 2.18. The van der Waals surface area contributed by atoms with Crippen molar-refractivity contribution in [3.05, 3.63) is 48.2 Å². The SMILES string of the molecule is CCCOc1ccc(S(=O)(=O)Nc2ccccn2)cc1C(C)C. The Bertz CT molecular complexity index is 744. The fourth-order valence-electron chi connectivity index (χ4n) is 2.11. The third-order valence-electron chi connectivity index (χ3n) is 3.28. The molecular formula is C17H22N2O3S. The molecule has 0 bridgehead atoms. The summed E-state index contributed by atoms with van der Waals surface area (Å²) >= 11 is 0. The van der Waals surface area contributed by atoms with Gasteiger partial charge in [-0.1, -0.05) is 26.8 Å². The number of hydrogen-bond donors (Lipinski definition) is 1. The summed E-state index contributed by atoms with van der Waals surface area (Å²) in [5.74, 6) is 1.19. The van der Waals surface area contributed by atoms with Crippen molar-refractivity contribution >= 4 is 15.8 Å². The quantitative estimate of drug-likeness (QED) is 0.836. The molecule has 6 heteroatoms. The van der Waals surface area contributed by atoms with Gasteiger partial charge in [0.05, 0.1) is 11.5 Å². The Labute approximate surface area is 137 Å². The van der Waals surface area contributed by atoms with Crippen LogP contribution in [0.1, 0.15) is 38.7 Å². The van der Waals surface area contributed by atoms with Crippen molar-refractivity contribution in [3.63, 3.8) is 0 Å². The number of aromatic nitrogens is 1. The van der Waals surface area contributed by atoms with E-state index in [-0.39, 0.29) is 10.8 Å². The summed E-state index contributed by atoms with van der Waals surface area (Å²) in [6, 6.07) is 10.0. The van der Waals surface area contributed by atoms with Crippen molar-refractivity contribution in [3.8, 4) is 5.75 Å². The van der Waals surface area contributed by atoms with Crippen LogP contribution in [0.2, 0.25) is 0 Å². The monoisotopic (exact) mass is 334 g/mol. The van der Waals surface area contributed by atoms with Crippen LogP contribution >= 0.6 is 0 Å². The summed E-state index contributed by atoms with van der Waals surface area (Å²) in [4.78, 5) is 4.19. The fourth-order valence-corrected chi connectivity index (χ4v) is 3.15. The van der Waals surface area contributed by atoms with Gasteiger partial charge < -0.3 is 4.74 Å². The maximum absolute atomic E-state index is 12.5. The van der Waals surface area contributed by atoms with E-state index in [1.807, 2.05) is 20.8 Å². The predicted molar refractivity (Wildman–Crippen MR) is 91.4 cm³/mol. The lowest BCUT2D eigenvalue weighted by Crippen LogP contribution is -2.14. The Morgan fingerprint density at radius 2 is 2.00 bits per heavy atom. The minimum atomic E-state index is -3.67. The minimum Gasteiger partial charge on any atom is -0.493 e. The molecule has 1 heterocycles. The van der Waals surface area contributed by atoms with Crippen molar-refractivity contribution in [1.29, 1.82) is 0 Å². The van der Waals surface area contributed by atoms with Gasteiger partial charge in [0.2, 0.25) is 0 Å². The van der Waals surface area contributed by atoms with Gasteiger partial charge in [-0.25, -0.2) is 13.4 Å². The second kappa shape index (κ2) is 7.46. The second-order valence-electron chi connectivity index (χ2n) is 5.52. The predicted octanol–water partition coefficient (Wildman–Crippen LogP) is 3.79. The van der Waals surface area contributed by atoms with E-state index in [1.165, 1.54) is 0 Å². The number of anilines is 1. The molecule has 1 aromatic heterocycles. The zero-order chi connectivity index (χ0) is 16.9. The molecule has 0 amide bonds. The van der Waals surface area contributed by atoms with E-state index in [1.54, 1.807) is 42.6 Å². The molecule has 0 saturated heterocycles. The first-order valence-electron chi connectivity index (χ1n) is 7.64. The van der Waals surface area contributed by atoms with Crippen LogP contribution in [0, 0.1) is 0 Å². The van der Waals surface area contributed by atoms with E-state index in [0.29, 0.717) is 12.4 Å². The van der Waals surface area contributed by atoms with Crippen LogP contribution in [0.15, 0.2) is 47.5 Å². The molecule has 2 rings (SSSR count). The van der Waals surface area contributed by atoms with Crippen LogP contribution in [0.25, 0.3) is 0 Å². The lowest BCUT2D eigenvalue weighted by atomic mass is 10.0. The second-order valence-corrected chi connectivity index (χ2v) is 7.21. The zero-order valence-electron chi connectivity index (χ0n) is 13.6. The molecule has 0 radical (unpaired) electrons. The number of rotatable bonds is 7. The molecule has 5 nitrogen and oxygen atoms in total. The van der Waals surface area contributed by atoms with Crippen LogP contribution in [0.5, 0.6) is 5.75 Å². The van der Waals surface area contributed by atoms with Gasteiger partial charge in [-0.3, -0.25) is 4.72 Å². The maximum Gasteiger partial charge on any atom is 0.263 e. The van der Waals surface area contributed by atoms with Gasteiger partial charge in [0.15, 0.2) is 0 Å². The fraction of sp³-hybridized carbons (Fsp3) is 0.353. The van der Waals surface area contributed by atoms with E-state index in [4.69, 9.17) is 4.74 Å². The molecule has 0 aliphatic rings. The molecule has 23 heavy (non-hydrogen) atoms. The molecule has 0 unspecified atom stereocenters. The van der Waals surface area contributed by atoms with Crippen molar-refractivity contribution in [1.82, 2.24) is 4.98 Å². The number of sulfonamides is 1. The molecule has 0 fully saturated rings. The minimum absolute atomic E-state index is 0.159. The van der Waals surface area contributed by atoms with Crippen LogP contribution in [0.3, 0.4) is 0 Å². The number of nitrogens with zero attached hydrogens (tertiary/aromatic N) is 1. The van der Waals surface area contributed by atoms with Gasteiger partial charge in [-0.2, -0.15) is 0 Å². The Morgan fingerprint density at radius 3 is 2.61 bits per heavy atom. The van der Waals surface area contributed by atoms with Crippen molar-refractivity contribution in [2.75, 3.05) is 11.3 Å². The largest absolute Gasteiger partial charge is 0.493 e. The van der Waals surface area contributed by atoms with Crippen LogP contribution in [-0.2, 0) is 10.0 Å².